The van der Waals surface area contributed by atoms with E-state index in [2.05, 4.69) is 26.0 Å². The molecule has 9 nitrogen and oxygen atoms in total. The lowest BCUT2D eigenvalue weighted by Gasteiger charge is -2.19. The summed E-state index contributed by atoms with van der Waals surface area (Å²) >= 11 is 0. The lowest BCUT2D eigenvalue weighted by atomic mass is 10.0. The van der Waals surface area contributed by atoms with Gasteiger partial charge in [-0.05, 0) is 38.5 Å². The predicted molar refractivity (Wildman–Crippen MR) is 192 cm³/mol. The van der Waals surface area contributed by atoms with Gasteiger partial charge in [-0.1, -0.05) is 142 Å². The van der Waals surface area contributed by atoms with Crippen molar-refractivity contribution in [3.05, 3.63) is 12.2 Å². The Kier molecular flexibility index (Phi) is 33.7. The number of allylic oxidation sites excluding steroid dienone is 2. The fraction of sp³-hybridized carbons (Fsp3) is 0.892. The molecular formula is C37H72NO8P. The van der Waals surface area contributed by atoms with Crippen molar-refractivity contribution in [2.24, 2.45) is 5.73 Å². The molecular weight excluding hydrogens is 617 g/mol. The zero-order chi connectivity index (χ0) is 34.7. The van der Waals surface area contributed by atoms with Crippen LogP contribution >= 0.6 is 7.82 Å². The maximum atomic E-state index is 12.5. The molecule has 0 heterocycles. The zero-order valence-electron chi connectivity index (χ0n) is 30.3. The van der Waals surface area contributed by atoms with Crippen molar-refractivity contribution in [1.82, 2.24) is 0 Å². The van der Waals surface area contributed by atoms with Gasteiger partial charge in [-0.15, -0.1) is 0 Å². The number of carbonyl (C=O) groups excluding carboxylic acids is 2. The van der Waals surface area contributed by atoms with Crippen LogP contribution in [0.4, 0.5) is 0 Å². The molecule has 2 atom stereocenters. The van der Waals surface area contributed by atoms with E-state index >= 15 is 0 Å². The second-order valence-corrected chi connectivity index (χ2v) is 14.3. The van der Waals surface area contributed by atoms with Gasteiger partial charge in [0.15, 0.2) is 6.10 Å². The summed E-state index contributed by atoms with van der Waals surface area (Å²) in [5, 5.41) is 0. The highest BCUT2D eigenvalue weighted by Gasteiger charge is 2.25. The van der Waals surface area contributed by atoms with Gasteiger partial charge in [0.05, 0.1) is 13.2 Å². The summed E-state index contributed by atoms with van der Waals surface area (Å²) in [5.41, 5.74) is 5.33. The summed E-state index contributed by atoms with van der Waals surface area (Å²) in [6, 6.07) is 0. The number of phosphoric ester groups is 1. The molecule has 0 aromatic carbocycles. The van der Waals surface area contributed by atoms with Gasteiger partial charge >= 0.3 is 19.8 Å². The monoisotopic (exact) mass is 689 g/mol. The second-order valence-electron chi connectivity index (χ2n) is 12.8. The number of hydrogen-bond donors (Lipinski definition) is 2. The van der Waals surface area contributed by atoms with E-state index in [1.165, 1.54) is 96.3 Å². The molecule has 3 N–H and O–H groups in total. The normalized spacial score (nSPS) is 13.5. The zero-order valence-corrected chi connectivity index (χ0v) is 31.2. The maximum Gasteiger partial charge on any atom is 0.472 e. The van der Waals surface area contributed by atoms with Crippen molar-refractivity contribution < 1.29 is 37.6 Å². The molecule has 0 aliphatic heterocycles. The van der Waals surface area contributed by atoms with Crippen LogP contribution in [0.2, 0.25) is 0 Å². The summed E-state index contributed by atoms with van der Waals surface area (Å²) < 4.78 is 32.6. The third kappa shape index (κ3) is 34.4. The average molecular weight is 690 g/mol. The molecule has 0 saturated carbocycles. The molecule has 0 aromatic rings. The van der Waals surface area contributed by atoms with E-state index in [9.17, 15) is 19.0 Å². The minimum Gasteiger partial charge on any atom is -0.462 e. The van der Waals surface area contributed by atoms with Crippen LogP contribution in [0.3, 0.4) is 0 Å². The molecule has 0 rings (SSSR count). The Morgan fingerprint density at radius 2 is 1.04 bits per heavy atom. The summed E-state index contributed by atoms with van der Waals surface area (Å²) in [6.45, 7) is 3.71. The van der Waals surface area contributed by atoms with Crippen LogP contribution < -0.4 is 5.73 Å². The van der Waals surface area contributed by atoms with Gasteiger partial charge in [-0.25, -0.2) is 4.57 Å². The van der Waals surface area contributed by atoms with Crippen molar-refractivity contribution >= 4 is 19.8 Å². The van der Waals surface area contributed by atoms with Crippen LogP contribution in [0.1, 0.15) is 181 Å². The van der Waals surface area contributed by atoms with Gasteiger partial charge in [0.2, 0.25) is 0 Å². The van der Waals surface area contributed by atoms with Gasteiger partial charge in [0.1, 0.15) is 6.61 Å². The molecule has 0 saturated heterocycles. The predicted octanol–water partition coefficient (Wildman–Crippen LogP) is 10.3. The van der Waals surface area contributed by atoms with E-state index in [4.69, 9.17) is 24.3 Å². The maximum absolute atomic E-state index is 12.5. The molecule has 0 spiro atoms. The van der Waals surface area contributed by atoms with Gasteiger partial charge in [0, 0.05) is 19.4 Å². The largest absolute Gasteiger partial charge is 0.472 e. The van der Waals surface area contributed by atoms with Gasteiger partial charge in [0.25, 0.3) is 0 Å². The van der Waals surface area contributed by atoms with E-state index in [1.807, 2.05) is 0 Å². The Hall–Kier alpha value is -1.25. The number of esters is 2. The Balaban J connectivity index is 4.22. The summed E-state index contributed by atoms with van der Waals surface area (Å²) in [6.07, 6.45) is 32.3. The topological polar surface area (TPSA) is 134 Å². The molecule has 47 heavy (non-hydrogen) atoms. The van der Waals surface area contributed by atoms with Crippen molar-refractivity contribution in [2.75, 3.05) is 26.4 Å². The van der Waals surface area contributed by atoms with E-state index < -0.39 is 26.5 Å². The highest BCUT2D eigenvalue weighted by atomic mass is 31.2. The number of ether oxygens (including phenoxy) is 2. The van der Waals surface area contributed by atoms with Crippen molar-refractivity contribution in [1.29, 1.82) is 0 Å². The fourth-order valence-corrected chi connectivity index (χ4v) is 6.04. The highest BCUT2D eigenvalue weighted by Crippen LogP contribution is 2.43. The van der Waals surface area contributed by atoms with Gasteiger partial charge in [-0.2, -0.15) is 0 Å². The first-order valence-electron chi connectivity index (χ1n) is 19.2. The standard InChI is InChI=1S/C37H72NO8P/c1-3-5-7-9-11-13-15-17-19-21-23-25-27-29-36(39)43-33-35(34-45-47(41,42)44-32-31-38)46-37(40)30-28-26-24-22-20-18-16-14-12-10-8-6-4-2/h13,15,35H,3-12,14,16-34,38H2,1-2H3,(H,41,42)/b15-13-/t35-/m1/s1. The molecule has 0 bridgehead atoms. The smallest absolute Gasteiger partial charge is 0.462 e. The van der Waals surface area contributed by atoms with Crippen molar-refractivity contribution in [3.8, 4) is 0 Å². The second kappa shape index (κ2) is 34.6. The lowest BCUT2D eigenvalue weighted by molar-refractivity contribution is -0.161. The Morgan fingerprint density at radius 1 is 0.617 bits per heavy atom. The van der Waals surface area contributed by atoms with Crippen LogP contribution in [-0.2, 0) is 32.7 Å². The first-order valence-corrected chi connectivity index (χ1v) is 20.7. The van der Waals surface area contributed by atoms with E-state index in [-0.39, 0.29) is 38.6 Å². The van der Waals surface area contributed by atoms with Gasteiger partial charge in [-0.3, -0.25) is 18.6 Å². The minimum absolute atomic E-state index is 0.0549. The van der Waals surface area contributed by atoms with E-state index in [1.54, 1.807) is 0 Å². The number of rotatable bonds is 36. The summed E-state index contributed by atoms with van der Waals surface area (Å²) in [4.78, 5) is 34.7. The van der Waals surface area contributed by atoms with Crippen LogP contribution in [0.15, 0.2) is 12.2 Å². The highest BCUT2D eigenvalue weighted by molar-refractivity contribution is 7.47. The molecule has 0 fully saturated rings. The third-order valence-electron chi connectivity index (χ3n) is 8.15. The number of hydrogen-bond acceptors (Lipinski definition) is 8. The first-order chi connectivity index (χ1) is 22.8. The SMILES string of the molecule is CCCCCC/C=C\CCCCCCCC(=O)OC[C@H](COP(=O)(O)OCCN)OC(=O)CCCCCCCCCCCCCCC. The van der Waals surface area contributed by atoms with E-state index in [0.717, 1.165) is 51.4 Å². The Bertz CT molecular complexity index is 794. The number of nitrogens with two attached hydrogens (primary N) is 1. The molecule has 0 aliphatic rings. The number of phosphoric acid groups is 1. The molecule has 0 aromatic heterocycles. The van der Waals surface area contributed by atoms with Crippen molar-refractivity contribution in [2.45, 2.75) is 187 Å². The lowest BCUT2D eigenvalue weighted by Crippen LogP contribution is -2.29. The number of unbranched alkanes of at least 4 members (excludes halogenated alkanes) is 21. The minimum atomic E-state index is -4.36. The summed E-state index contributed by atoms with van der Waals surface area (Å²) in [5.74, 6) is -0.834. The van der Waals surface area contributed by atoms with Crippen molar-refractivity contribution in [3.63, 3.8) is 0 Å². The molecule has 0 aliphatic carbocycles. The van der Waals surface area contributed by atoms with Crippen LogP contribution in [0.25, 0.3) is 0 Å². The van der Waals surface area contributed by atoms with Gasteiger partial charge < -0.3 is 20.1 Å². The molecule has 278 valence electrons. The quantitative estimate of drug-likeness (QED) is 0.0285. The third-order valence-corrected chi connectivity index (χ3v) is 9.14. The van der Waals surface area contributed by atoms with Crippen LogP contribution in [0, 0.1) is 0 Å². The van der Waals surface area contributed by atoms with Crippen LogP contribution in [-0.4, -0.2) is 49.3 Å². The Labute approximate surface area is 288 Å². The number of carbonyl (C=O) groups is 2. The molecule has 0 amide bonds. The molecule has 0 radical (unpaired) electrons. The van der Waals surface area contributed by atoms with E-state index in [0.29, 0.717) is 6.42 Å². The summed E-state index contributed by atoms with van der Waals surface area (Å²) in [7, 11) is -4.36. The van der Waals surface area contributed by atoms with Crippen LogP contribution in [0.5, 0.6) is 0 Å². The first kappa shape index (κ1) is 45.8. The molecule has 10 heteroatoms. The molecule has 1 unspecified atom stereocenters. The fourth-order valence-electron chi connectivity index (χ4n) is 5.28. The average Bonchev–Trinajstić information content (AvgIpc) is 3.05. The Morgan fingerprint density at radius 3 is 1.53 bits per heavy atom.